The summed E-state index contributed by atoms with van der Waals surface area (Å²) < 4.78 is 5.73. The van der Waals surface area contributed by atoms with E-state index in [0.717, 1.165) is 27.9 Å². The summed E-state index contributed by atoms with van der Waals surface area (Å²) >= 11 is 0. The lowest BCUT2D eigenvalue weighted by Crippen LogP contribution is -1.98. The summed E-state index contributed by atoms with van der Waals surface area (Å²) in [6.07, 6.45) is 3.38. The van der Waals surface area contributed by atoms with E-state index in [2.05, 4.69) is 27.9 Å². The number of rotatable bonds is 2. The van der Waals surface area contributed by atoms with Gasteiger partial charge in [-0.15, -0.1) is 0 Å². The fourth-order valence-electron chi connectivity index (χ4n) is 2.78. The van der Waals surface area contributed by atoms with Crippen molar-refractivity contribution in [2.45, 2.75) is 13.8 Å². The molecule has 4 aromatic rings. The molecule has 0 aliphatic rings. The van der Waals surface area contributed by atoms with E-state index < -0.39 is 0 Å². The molecule has 0 saturated heterocycles. The van der Waals surface area contributed by atoms with Crippen molar-refractivity contribution in [2.75, 3.05) is 5.73 Å². The van der Waals surface area contributed by atoms with Gasteiger partial charge < -0.3 is 10.2 Å². The van der Waals surface area contributed by atoms with Crippen LogP contribution in [0, 0.1) is 13.8 Å². The number of benzene rings is 1. The van der Waals surface area contributed by atoms with Gasteiger partial charge in [-0.05, 0) is 49.7 Å². The fraction of sp³-hybridized carbons (Fsp3) is 0.105. The van der Waals surface area contributed by atoms with E-state index in [1.165, 1.54) is 5.56 Å². The van der Waals surface area contributed by atoms with Gasteiger partial charge in [0.15, 0.2) is 5.76 Å². The van der Waals surface area contributed by atoms with Crippen LogP contribution < -0.4 is 5.73 Å². The lowest BCUT2D eigenvalue weighted by atomic mass is 10.0. The molecule has 1 aromatic carbocycles. The SMILES string of the molecule is Cc1ccc(-c2nc(N)cnc2-c2ccc3nccc(C)c3c2)o1. The molecule has 118 valence electrons. The first-order chi connectivity index (χ1) is 11.6. The van der Waals surface area contributed by atoms with Gasteiger partial charge in [0, 0.05) is 17.1 Å². The summed E-state index contributed by atoms with van der Waals surface area (Å²) in [4.78, 5) is 13.3. The molecule has 0 amide bonds. The first-order valence-corrected chi connectivity index (χ1v) is 7.67. The smallest absolute Gasteiger partial charge is 0.154 e. The predicted octanol–water partition coefficient (Wildman–Crippen LogP) is 4.15. The second-order valence-electron chi connectivity index (χ2n) is 5.76. The van der Waals surface area contributed by atoms with Crippen LogP contribution in [0.4, 0.5) is 5.82 Å². The summed E-state index contributed by atoms with van der Waals surface area (Å²) in [5.74, 6) is 1.84. The molecule has 0 spiro atoms. The quantitative estimate of drug-likeness (QED) is 0.601. The summed E-state index contributed by atoms with van der Waals surface area (Å²) in [6, 6.07) is 11.9. The Morgan fingerprint density at radius 3 is 2.62 bits per heavy atom. The Kier molecular flexibility index (Phi) is 3.27. The number of nitrogens with zero attached hydrogens (tertiary/aromatic N) is 3. The first-order valence-electron chi connectivity index (χ1n) is 7.67. The standard InChI is InChI=1S/C19H16N4O/c1-11-7-8-21-15-5-4-13(9-14(11)15)18-19(23-17(20)10-22-18)16-6-3-12(2)24-16/h3-10H,1-2H3,(H2,20,23). The van der Waals surface area contributed by atoms with Gasteiger partial charge in [0.1, 0.15) is 17.3 Å². The van der Waals surface area contributed by atoms with Gasteiger partial charge in [-0.2, -0.15) is 0 Å². The van der Waals surface area contributed by atoms with E-state index in [4.69, 9.17) is 10.2 Å². The maximum Gasteiger partial charge on any atom is 0.154 e. The minimum absolute atomic E-state index is 0.362. The number of hydrogen-bond acceptors (Lipinski definition) is 5. The van der Waals surface area contributed by atoms with Crippen molar-refractivity contribution in [1.29, 1.82) is 0 Å². The zero-order valence-electron chi connectivity index (χ0n) is 13.4. The van der Waals surface area contributed by atoms with Crippen LogP contribution in [0.25, 0.3) is 33.6 Å². The summed E-state index contributed by atoms with van der Waals surface area (Å²) in [5, 5.41) is 1.09. The molecule has 3 aromatic heterocycles. The number of hydrogen-bond donors (Lipinski definition) is 1. The van der Waals surface area contributed by atoms with Gasteiger partial charge in [-0.25, -0.2) is 9.97 Å². The number of furan rings is 1. The van der Waals surface area contributed by atoms with Crippen LogP contribution in [-0.2, 0) is 0 Å². The number of aryl methyl sites for hydroxylation is 2. The zero-order valence-corrected chi connectivity index (χ0v) is 13.4. The van der Waals surface area contributed by atoms with E-state index in [0.29, 0.717) is 17.3 Å². The van der Waals surface area contributed by atoms with Crippen molar-refractivity contribution < 1.29 is 4.42 Å². The maximum absolute atomic E-state index is 5.84. The molecule has 0 atom stereocenters. The topological polar surface area (TPSA) is 77.8 Å². The minimum atomic E-state index is 0.362. The van der Waals surface area contributed by atoms with E-state index in [9.17, 15) is 0 Å². The molecule has 0 saturated carbocycles. The van der Waals surface area contributed by atoms with E-state index >= 15 is 0 Å². The minimum Gasteiger partial charge on any atom is -0.460 e. The lowest BCUT2D eigenvalue weighted by molar-refractivity contribution is 0.546. The Hall–Kier alpha value is -3.21. The highest BCUT2D eigenvalue weighted by Gasteiger charge is 2.15. The van der Waals surface area contributed by atoms with Crippen LogP contribution in [-0.4, -0.2) is 15.0 Å². The molecule has 0 aliphatic carbocycles. The highest BCUT2D eigenvalue weighted by atomic mass is 16.3. The average Bonchev–Trinajstić information content (AvgIpc) is 3.01. The molecule has 5 nitrogen and oxygen atoms in total. The molecular formula is C19H16N4O. The van der Waals surface area contributed by atoms with Crippen LogP contribution in [0.15, 0.2) is 53.2 Å². The van der Waals surface area contributed by atoms with Gasteiger partial charge in [0.25, 0.3) is 0 Å². The van der Waals surface area contributed by atoms with E-state index in [-0.39, 0.29) is 0 Å². The Balaban J connectivity index is 1.95. The third-order valence-corrected chi connectivity index (χ3v) is 4.00. The maximum atomic E-state index is 5.84. The van der Waals surface area contributed by atoms with Crippen molar-refractivity contribution >= 4 is 16.7 Å². The highest BCUT2D eigenvalue weighted by Crippen LogP contribution is 2.32. The number of anilines is 1. The van der Waals surface area contributed by atoms with Crippen molar-refractivity contribution in [1.82, 2.24) is 15.0 Å². The van der Waals surface area contributed by atoms with Crippen molar-refractivity contribution in [3.05, 3.63) is 60.1 Å². The third-order valence-electron chi connectivity index (χ3n) is 4.00. The molecule has 0 aliphatic heterocycles. The molecule has 0 unspecified atom stereocenters. The van der Waals surface area contributed by atoms with Crippen LogP contribution in [0.2, 0.25) is 0 Å². The summed E-state index contributed by atoms with van der Waals surface area (Å²) in [7, 11) is 0. The number of fused-ring (bicyclic) bond motifs is 1. The number of nitrogen functional groups attached to an aromatic ring is 1. The van der Waals surface area contributed by atoms with Gasteiger partial charge >= 0.3 is 0 Å². The molecular weight excluding hydrogens is 300 g/mol. The van der Waals surface area contributed by atoms with Crippen LogP contribution >= 0.6 is 0 Å². The molecule has 0 radical (unpaired) electrons. The van der Waals surface area contributed by atoms with Crippen LogP contribution in [0.5, 0.6) is 0 Å². The van der Waals surface area contributed by atoms with Crippen molar-refractivity contribution in [3.8, 4) is 22.7 Å². The highest BCUT2D eigenvalue weighted by molar-refractivity contribution is 5.88. The molecule has 2 N–H and O–H groups in total. The van der Waals surface area contributed by atoms with Gasteiger partial charge in [-0.1, -0.05) is 6.07 Å². The Labute approximate surface area is 139 Å². The monoisotopic (exact) mass is 316 g/mol. The average molecular weight is 316 g/mol. The normalized spacial score (nSPS) is 11.1. The molecule has 0 bridgehead atoms. The Bertz CT molecular complexity index is 1050. The van der Waals surface area contributed by atoms with Gasteiger partial charge in [0.2, 0.25) is 0 Å². The summed E-state index contributed by atoms with van der Waals surface area (Å²) in [6.45, 7) is 3.97. The van der Waals surface area contributed by atoms with Crippen molar-refractivity contribution in [2.24, 2.45) is 0 Å². The fourth-order valence-corrected chi connectivity index (χ4v) is 2.78. The second-order valence-corrected chi connectivity index (χ2v) is 5.76. The Morgan fingerprint density at radius 1 is 0.958 bits per heavy atom. The largest absolute Gasteiger partial charge is 0.460 e. The van der Waals surface area contributed by atoms with Crippen molar-refractivity contribution in [3.63, 3.8) is 0 Å². The molecule has 3 heterocycles. The van der Waals surface area contributed by atoms with Crippen LogP contribution in [0.3, 0.4) is 0 Å². The first kappa shape index (κ1) is 14.4. The lowest BCUT2D eigenvalue weighted by Gasteiger charge is -2.09. The predicted molar refractivity (Wildman–Crippen MR) is 94.4 cm³/mol. The van der Waals surface area contributed by atoms with Crippen LogP contribution in [0.1, 0.15) is 11.3 Å². The Morgan fingerprint density at radius 2 is 1.83 bits per heavy atom. The zero-order chi connectivity index (χ0) is 16.7. The van der Waals surface area contributed by atoms with Gasteiger partial charge in [0.05, 0.1) is 17.4 Å². The molecule has 24 heavy (non-hydrogen) atoms. The van der Waals surface area contributed by atoms with E-state index in [1.54, 1.807) is 6.20 Å². The third kappa shape index (κ3) is 2.40. The number of nitrogens with two attached hydrogens (primary N) is 1. The molecule has 4 rings (SSSR count). The molecule has 0 fully saturated rings. The molecule has 5 heteroatoms. The number of pyridine rings is 1. The summed E-state index contributed by atoms with van der Waals surface area (Å²) in [5.41, 5.74) is 10.3. The second kappa shape index (κ2) is 5.45. The van der Waals surface area contributed by atoms with Gasteiger partial charge in [-0.3, -0.25) is 4.98 Å². The van der Waals surface area contributed by atoms with E-state index in [1.807, 2.05) is 43.5 Å². The number of aromatic nitrogens is 3.